The lowest BCUT2D eigenvalue weighted by atomic mass is 10.3. The number of morpholine rings is 2. The van der Waals surface area contributed by atoms with E-state index in [1.54, 1.807) is 12.3 Å². The number of ether oxygens (including phenoxy) is 2. The highest BCUT2D eigenvalue weighted by Crippen LogP contribution is 2.18. The normalized spacial score (nSPS) is 16.9. The van der Waals surface area contributed by atoms with Crippen LogP contribution in [0.15, 0.2) is 36.7 Å². The minimum Gasteiger partial charge on any atom is -0.399 e. The Morgan fingerprint density at radius 1 is 0.893 bits per heavy atom. The van der Waals surface area contributed by atoms with Gasteiger partial charge >= 0.3 is 0 Å². The Labute approximate surface area is 163 Å². The summed E-state index contributed by atoms with van der Waals surface area (Å²) in [7, 11) is 0. The lowest BCUT2D eigenvalue weighted by Gasteiger charge is -2.27. The molecule has 4 rings (SSSR count). The molecule has 2 saturated heterocycles. The van der Waals surface area contributed by atoms with Gasteiger partial charge in [0.15, 0.2) is 0 Å². The van der Waals surface area contributed by atoms with E-state index in [1.165, 1.54) is 18.3 Å². The van der Waals surface area contributed by atoms with E-state index in [2.05, 4.69) is 14.9 Å². The second-order valence-corrected chi connectivity index (χ2v) is 6.28. The Hall–Kier alpha value is -2.98. The van der Waals surface area contributed by atoms with Crippen LogP contribution in [0.1, 0.15) is 0 Å². The van der Waals surface area contributed by atoms with Crippen molar-refractivity contribution in [2.45, 2.75) is 0 Å². The van der Waals surface area contributed by atoms with Gasteiger partial charge in [0.25, 0.3) is 5.69 Å². The van der Waals surface area contributed by atoms with Gasteiger partial charge in [0.1, 0.15) is 11.6 Å². The molecule has 0 bridgehead atoms. The molecule has 2 fully saturated rings. The second-order valence-electron chi connectivity index (χ2n) is 6.28. The van der Waals surface area contributed by atoms with Gasteiger partial charge in [-0.1, -0.05) is 0 Å². The molecule has 2 N–H and O–H groups in total. The number of nitrogen functional groups attached to an aromatic ring is 1. The summed E-state index contributed by atoms with van der Waals surface area (Å²) in [5.41, 5.74) is 6.50. The van der Waals surface area contributed by atoms with Crippen molar-refractivity contribution in [2.75, 3.05) is 68.1 Å². The second kappa shape index (κ2) is 9.81. The Balaban J connectivity index is 0.000000162. The largest absolute Gasteiger partial charge is 0.399 e. The zero-order valence-electron chi connectivity index (χ0n) is 15.6. The number of anilines is 3. The minimum absolute atomic E-state index is 0.0755. The number of hydrogen-bond donors (Lipinski definition) is 1. The molecule has 0 unspecified atom stereocenters. The average molecular weight is 388 g/mol. The fraction of sp³-hybridized carbons (Fsp3) is 0.444. The number of pyridine rings is 2. The quantitative estimate of drug-likeness (QED) is 0.613. The first-order valence-electron chi connectivity index (χ1n) is 9.11. The third-order valence-corrected chi connectivity index (χ3v) is 4.38. The molecule has 10 nitrogen and oxygen atoms in total. The maximum atomic E-state index is 10.6. The molecule has 2 aliphatic rings. The SMILES string of the molecule is Nc1ccnc(N2CCOCC2)c1.O=[N+]([O-])c1ccnc(N2CCOCC2)c1. The Morgan fingerprint density at radius 2 is 1.39 bits per heavy atom. The molecule has 2 aromatic rings. The molecule has 150 valence electrons. The van der Waals surface area contributed by atoms with Crippen LogP contribution in [0.2, 0.25) is 0 Å². The number of nitrogens with zero attached hydrogens (tertiary/aromatic N) is 5. The van der Waals surface area contributed by atoms with E-state index in [-0.39, 0.29) is 5.69 Å². The van der Waals surface area contributed by atoms with Crippen LogP contribution in [-0.2, 0) is 9.47 Å². The maximum Gasteiger partial charge on any atom is 0.274 e. The summed E-state index contributed by atoms with van der Waals surface area (Å²) in [5.74, 6) is 1.59. The van der Waals surface area contributed by atoms with Crippen molar-refractivity contribution in [3.8, 4) is 0 Å². The number of nitrogens with two attached hydrogens (primary N) is 1. The molecule has 0 amide bonds. The molecule has 0 atom stereocenters. The van der Waals surface area contributed by atoms with Crippen molar-refractivity contribution >= 4 is 23.0 Å². The molecule has 2 aromatic heterocycles. The number of rotatable bonds is 3. The van der Waals surface area contributed by atoms with E-state index >= 15 is 0 Å². The summed E-state index contributed by atoms with van der Waals surface area (Å²) in [6.07, 6.45) is 3.20. The molecule has 28 heavy (non-hydrogen) atoms. The average Bonchev–Trinajstić information content (AvgIpc) is 2.75. The van der Waals surface area contributed by atoms with Crippen LogP contribution in [0.25, 0.3) is 0 Å². The summed E-state index contributed by atoms with van der Waals surface area (Å²) in [6, 6.07) is 6.57. The molecule has 0 aliphatic carbocycles. The first-order chi connectivity index (χ1) is 13.6. The summed E-state index contributed by atoms with van der Waals surface area (Å²) in [4.78, 5) is 22.7. The van der Waals surface area contributed by atoms with Crippen molar-refractivity contribution < 1.29 is 14.4 Å². The molecule has 0 spiro atoms. The highest BCUT2D eigenvalue weighted by Gasteiger charge is 2.15. The van der Waals surface area contributed by atoms with Gasteiger partial charge in [-0.2, -0.15) is 0 Å². The minimum atomic E-state index is -0.411. The first-order valence-corrected chi connectivity index (χ1v) is 9.11. The predicted octanol–water partition coefficient (Wildman–Crippen LogP) is 1.33. The molecule has 0 radical (unpaired) electrons. The fourth-order valence-electron chi connectivity index (χ4n) is 2.89. The lowest BCUT2D eigenvalue weighted by Crippen LogP contribution is -2.36. The predicted molar refractivity (Wildman–Crippen MR) is 106 cm³/mol. The Kier molecular flexibility index (Phi) is 6.93. The van der Waals surface area contributed by atoms with Gasteiger partial charge in [-0.15, -0.1) is 0 Å². The van der Waals surface area contributed by atoms with Crippen LogP contribution in [-0.4, -0.2) is 67.5 Å². The van der Waals surface area contributed by atoms with Gasteiger partial charge in [0.2, 0.25) is 0 Å². The molecular formula is C18H24N6O4. The smallest absolute Gasteiger partial charge is 0.274 e. The lowest BCUT2D eigenvalue weighted by molar-refractivity contribution is -0.384. The van der Waals surface area contributed by atoms with Gasteiger partial charge in [-0.05, 0) is 6.07 Å². The van der Waals surface area contributed by atoms with Crippen LogP contribution in [0, 0.1) is 10.1 Å². The summed E-state index contributed by atoms with van der Waals surface area (Å²) < 4.78 is 10.4. The monoisotopic (exact) mass is 388 g/mol. The van der Waals surface area contributed by atoms with Crippen molar-refractivity contribution in [3.05, 3.63) is 46.8 Å². The van der Waals surface area contributed by atoms with Crippen molar-refractivity contribution in [1.29, 1.82) is 0 Å². The number of nitro groups is 1. The third-order valence-electron chi connectivity index (χ3n) is 4.38. The highest BCUT2D eigenvalue weighted by atomic mass is 16.6. The molecule has 10 heteroatoms. The van der Waals surface area contributed by atoms with Crippen molar-refractivity contribution in [3.63, 3.8) is 0 Å². The van der Waals surface area contributed by atoms with Gasteiger partial charge in [-0.3, -0.25) is 10.1 Å². The summed E-state index contributed by atoms with van der Waals surface area (Å²) in [5, 5.41) is 10.6. The van der Waals surface area contributed by atoms with Crippen LogP contribution in [0.3, 0.4) is 0 Å². The third kappa shape index (κ3) is 5.51. The zero-order valence-corrected chi connectivity index (χ0v) is 15.6. The van der Waals surface area contributed by atoms with E-state index in [1.807, 2.05) is 11.0 Å². The molecular weight excluding hydrogens is 364 g/mol. The maximum absolute atomic E-state index is 10.6. The number of hydrogen-bond acceptors (Lipinski definition) is 9. The molecule has 2 aliphatic heterocycles. The zero-order chi connectivity index (χ0) is 19.8. The van der Waals surface area contributed by atoms with Gasteiger partial charge in [-0.25, -0.2) is 9.97 Å². The highest BCUT2D eigenvalue weighted by molar-refractivity contribution is 5.50. The van der Waals surface area contributed by atoms with Crippen molar-refractivity contribution in [1.82, 2.24) is 9.97 Å². The Bertz CT molecular complexity index is 778. The standard InChI is InChI=1S/C9H11N3O3.C9H13N3O/c13-12(14)8-1-2-10-9(7-8)11-3-5-15-6-4-11;10-8-1-2-11-9(7-8)12-3-5-13-6-4-12/h1-2,7H,3-6H2;1-2,7H,3-6H2,(H2,10,11). The fourth-order valence-corrected chi connectivity index (χ4v) is 2.89. The van der Waals surface area contributed by atoms with Crippen LogP contribution in [0.4, 0.5) is 23.0 Å². The summed E-state index contributed by atoms with van der Waals surface area (Å²) in [6.45, 7) is 6.09. The van der Waals surface area contributed by atoms with Crippen LogP contribution in [0.5, 0.6) is 0 Å². The van der Waals surface area contributed by atoms with E-state index in [0.717, 1.165) is 50.9 Å². The van der Waals surface area contributed by atoms with Gasteiger partial charge in [0.05, 0.1) is 37.4 Å². The topological polar surface area (TPSA) is 120 Å². The molecule has 0 saturated carbocycles. The van der Waals surface area contributed by atoms with Crippen LogP contribution < -0.4 is 15.5 Å². The van der Waals surface area contributed by atoms with Crippen molar-refractivity contribution in [2.24, 2.45) is 0 Å². The summed E-state index contributed by atoms with van der Waals surface area (Å²) >= 11 is 0. The van der Waals surface area contributed by atoms with E-state index in [0.29, 0.717) is 19.0 Å². The van der Waals surface area contributed by atoms with Crippen LogP contribution >= 0.6 is 0 Å². The first kappa shape index (κ1) is 19.8. The van der Waals surface area contributed by atoms with E-state index < -0.39 is 4.92 Å². The molecule has 4 heterocycles. The van der Waals surface area contributed by atoms with Gasteiger partial charge < -0.3 is 25.0 Å². The van der Waals surface area contributed by atoms with E-state index in [9.17, 15) is 10.1 Å². The Morgan fingerprint density at radius 3 is 1.89 bits per heavy atom. The molecule has 0 aromatic carbocycles. The van der Waals surface area contributed by atoms with Gasteiger partial charge in [0, 0.05) is 56.4 Å². The van der Waals surface area contributed by atoms with E-state index in [4.69, 9.17) is 15.2 Å². The number of aromatic nitrogens is 2.